The van der Waals surface area contributed by atoms with Crippen molar-refractivity contribution in [2.75, 3.05) is 13.7 Å². The van der Waals surface area contributed by atoms with E-state index in [1.807, 2.05) is 0 Å². The van der Waals surface area contributed by atoms with Gasteiger partial charge in [0.1, 0.15) is 5.75 Å². The Balaban J connectivity index is 0.00000288. The van der Waals surface area contributed by atoms with Gasteiger partial charge in [-0.25, -0.2) is 0 Å². The van der Waals surface area contributed by atoms with Gasteiger partial charge in [-0.3, -0.25) is 19.7 Å². The number of nitrogens with zero attached hydrogens (tertiary/aromatic N) is 1. The molecule has 1 aliphatic heterocycles. The molecule has 1 aromatic carbocycles. The maximum absolute atomic E-state index is 12.1. The van der Waals surface area contributed by atoms with Gasteiger partial charge in [-0.2, -0.15) is 5.92 Å². The number of rotatable bonds is 5. The molecule has 1 unspecified atom stereocenters. The molecule has 24 heavy (non-hydrogen) atoms. The Kier molecular flexibility index (Phi) is 7.23. The number of nitro groups is 1. The van der Waals surface area contributed by atoms with E-state index in [0.29, 0.717) is 11.3 Å². The van der Waals surface area contributed by atoms with E-state index >= 15 is 0 Å². The van der Waals surface area contributed by atoms with Crippen LogP contribution in [0.1, 0.15) is 25.3 Å². The van der Waals surface area contributed by atoms with Gasteiger partial charge < -0.3 is 14.2 Å². The largest absolute Gasteiger partial charge is 1.00 e. The SMILES string of the molecule is COc1ccc(C(C[N+](=O)[O-])[C-]2C(=O)OC(C)(C)OC2=O)cc1.[K+]. The standard InChI is InChI=1S/C15H16NO7.K/c1-15(2)22-13(17)12(14(18)23-15)11(8-16(19)20)9-4-6-10(21-3)7-5-9;/h4-7,11H,8H2,1-3H3;/q-1;+1. The molecule has 0 bridgehead atoms. The smallest absolute Gasteiger partial charge is 0.497 e. The van der Waals surface area contributed by atoms with Gasteiger partial charge in [-0.05, 0) is 18.1 Å². The van der Waals surface area contributed by atoms with E-state index in [1.54, 1.807) is 24.3 Å². The molecule has 2 rings (SSSR count). The van der Waals surface area contributed by atoms with Crippen molar-refractivity contribution in [2.45, 2.75) is 25.6 Å². The van der Waals surface area contributed by atoms with Crippen molar-refractivity contribution in [1.29, 1.82) is 0 Å². The first-order valence-corrected chi connectivity index (χ1v) is 6.83. The Hall–Kier alpha value is -1.13. The minimum Gasteiger partial charge on any atom is -0.497 e. The maximum Gasteiger partial charge on any atom is 1.00 e. The molecule has 1 aliphatic rings. The van der Waals surface area contributed by atoms with Crippen molar-refractivity contribution in [1.82, 2.24) is 0 Å². The maximum atomic E-state index is 12.1. The minimum absolute atomic E-state index is 0. The minimum atomic E-state index is -1.39. The Morgan fingerprint density at radius 1 is 1.21 bits per heavy atom. The van der Waals surface area contributed by atoms with Crippen LogP contribution >= 0.6 is 0 Å². The first-order chi connectivity index (χ1) is 10.7. The average Bonchev–Trinajstić information content (AvgIpc) is 2.44. The van der Waals surface area contributed by atoms with Crippen LogP contribution in [0.5, 0.6) is 5.75 Å². The third-order valence-corrected chi connectivity index (χ3v) is 3.32. The number of ether oxygens (including phenoxy) is 3. The Labute approximate surface area is 181 Å². The van der Waals surface area contributed by atoms with Gasteiger partial charge in [0.25, 0.3) is 0 Å². The van der Waals surface area contributed by atoms with E-state index in [9.17, 15) is 19.7 Å². The number of esters is 2. The number of hydrogen-bond acceptors (Lipinski definition) is 7. The molecule has 0 aliphatic carbocycles. The number of benzene rings is 1. The van der Waals surface area contributed by atoms with Gasteiger partial charge in [0.2, 0.25) is 5.79 Å². The number of cyclic esters (lactones) is 2. The molecule has 1 saturated heterocycles. The van der Waals surface area contributed by atoms with Gasteiger partial charge in [-0.15, -0.1) is 0 Å². The van der Waals surface area contributed by atoms with Gasteiger partial charge in [0.05, 0.1) is 7.11 Å². The fourth-order valence-corrected chi connectivity index (χ4v) is 2.29. The molecule has 1 aromatic rings. The van der Waals surface area contributed by atoms with Crippen LogP contribution in [0, 0.1) is 16.0 Å². The van der Waals surface area contributed by atoms with Crippen LogP contribution in [0.3, 0.4) is 0 Å². The Bertz CT molecular complexity index is 609. The molecule has 9 heteroatoms. The van der Waals surface area contributed by atoms with Gasteiger partial charge >= 0.3 is 51.4 Å². The van der Waals surface area contributed by atoms with Gasteiger partial charge in [0.15, 0.2) is 18.5 Å². The first kappa shape index (κ1) is 20.9. The number of carbonyl (C=O) groups is 2. The first-order valence-electron chi connectivity index (χ1n) is 6.83. The van der Waals surface area contributed by atoms with E-state index in [1.165, 1.54) is 21.0 Å². The predicted octanol–water partition coefficient (Wildman–Crippen LogP) is -1.53. The summed E-state index contributed by atoms with van der Waals surface area (Å²) in [5.74, 6) is -4.11. The topological polar surface area (TPSA) is 105 Å². The second kappa shape index (κ2) is 8.30. The van der Waals surface area contributed by atoms with Crippen LogP contribution in [0.25, 0.3) is 0 Å². The van der Waals surface area contributed by atoms with Crippen molar-refractivity contribution >= 4 is 11.9 Å². The second-order valence-corrected chi connectivity index (χ2v) is 5.43. The normalized spacial score (nSPS) is 17.2. The quantitative estimate of drug-likeness (QED) is 0.206. The summed E-state index contributed by atoms with van der Waals surface area (Å²) in [6.07, 6.45) is 0. The van der Waals surface area contributed by atoms with Crippen molar-refractivity contribution in [3.8, 4) is 5.75 Å². The Morgan fingerprint density at radius 2 is 1.71 bits per heavy atom. The molecule has 1 atom stereocenters. The molecular weight excluding hydrogens is 345 g/mol. The molecule has 1 fully saturated rings. The molecule has 8 nitrogen and oxygen atoms in total. The summed E-state index contributed by atoms with van der Waals surface area (Å²) in [6, 6.07) is 6.29. The van der Waals surface area contributed by atoms with Gasteiger partial charge in [-0.1, -0.05) is 17.7 Å². The average molecular weight is 361 g/mol. The molecular formula is C15H16KNO7. The number of hydrogen-bond donors (Lipinski definition) is 0. The summed E-state index contributed by atoms with van der Waals surface area (Å²) < 4.78 is 15.1. The molecule has 0 N–H and O–H groups in total. The fraction of sp³-hybridized carbons (Fsp3) is 0.400. The zero-order valence-electron chi connectivity index (χ0n) is 13.9. The molecule has 0 radical (unpaired) electrons. The van der Waals surface area contributed by atoms with E-state index < -0.39 is 35.1 Å². The third-order valence-electron chi connectivity index (χ3n) is 3.32. The van der Waals surface area contributed by atoms with Crippen LogP contribution in [-0.4, -0.2) is 36.3 Å². The van der Waals surface area contributed by atoms with E-state index in [-0.39, 0.29) is 57.3 Å². The van der Waals surface area contributed by atoms with Crippen molar-refractivity contribution in [2.24, 2.45) is 0 Å². The fourth-order valence-electron chi connectivity index (χ4n) is 2.29. The zero-order chi connectivity index (χ0) is 17.2. The summed E-state index contributed by atoms with van der Waals surface area (Å²) in [6.45, 7) is 2.19. The van der Waals surface area contributed by atoms with Crippen molar-refractivity contribution in [3.05, 3.63) is 45.9 Å². The predicted molar refractivity (Wildman–Crippen MR) is 77.1 cm³/mol. The third kappa shape index (κ3) is 4.93. The number of carbonyl (C=O) groups excluding carboxylic acids is 2. The summed E-state index contributed by atoms with van der Waals surface area (Å²) in [7, 11) is 1.48. The van der Waals surface area contributed by atoms with Crippen LogP contribution in [-0.2, 0) is 19.1 Å². The number of methoxy groups -OCH3 is 1. The molecule has 0 spiro atoms. The molecule has 0 saturated carbocycles. The summed E-state index contributed by atoms with van der Waals surface area (Å²) in [5.41, 5.74) is 0.422. The second-order valence-electron chi connectivity index (χ2n) is 5.43. The van der Waals surface area contributed by atoms with E-state index in [0.717, 1.165) is 0 Å². The monoisotopic (exact) mass is 361 g/mol. The van der Waals surface area contributed by atoms with Crippen LogP contribution in [0.2, 0.25) is 0 Å². The van der Waals surface area contributed by atoms with Gasteiger partial charge in [0, 0.05) is 18.8 Å². The van der Waals surface area contributed by atoms with Crippen LogP contribution in [0.4, 0.5) is 0 Å². The molecule has 124 valence electrons. The molecule has 0 aromatic heterocycles. The van der Waals surface area contributed by atoms with Crippen LogP contribution in [0.15, 0.2) is 24.3 Å². The summed E-state index contributed by atoms with van der Waals surface area (Å²) >= 11 is 0. The molecule has 1 heterocycles. The van der Waals surface area contributed by atoms with E-state index in [4.69, 9.17) is 14.2 Å². The van der Waals surface area contributed by atoms with E-state index in [2.05, 4.69) is 0 Å². The van der Waals surface area contributed by atoms with Crippen molar-refractivity contribution in [3.63, 3.8) is 0 Å². The Morgan fingerprint density at radius 3 is 2.12 bits per heavy atom. The summed E-state index contributed by atoms with van der Waals surface area (Å²) in [4.78, 5) is 34.6. The summed E-state index contributed by atoms with van der Waals surface area (Å²) in [5, 5.41) is 11.0. The van der Waals surface area contributed by atoms with Crippen LogP contribution < -0.4 is 56.1 Å². The molecule has 0 amide bonds. The van der Waals surface area contributed by atoms with Crippen molar-refractivity contribution < 1.29 is 80.1 Å². The zero-order valence-corrected chi connectivity index (χ0v) is 17.0.